The van der Waals surface area contributed by atoms with Crippen molar-refractivity contribution >= 4 is 52.3 Å². The molecular formula is C18H12ClF3N2OS2. The van der Waals surface area contributed by atoms with E-state index >= 15 is 0 Å². The molecule has 9 heteroatoms. The molecule has 0 saturated carbocycles. The highest BCUT2D eigenvalue weighted by Crippen LogP contribution is 2.46. The van der Waals surface area contributed by atoms with E-state index < -0.39 is 17.8 Å². The molecule has 2 aromatic carbocycles. The van der Waals surface area contributed by atoms with Crippen LogP contribution in [0.3, 0.4) is 0 Å². The van der Waals surface area contributed by atoms with Crippen LogP contribution in [0.25, 0.3) is 0 Å². The van der Waals surface area contributed by atoms with E-state index in [0.717, 1.165) is 17.7 Å². The van der Waals surface area contributed by atoms with Crippen molar-refractivity contribution in [3.05, 3.63) is 64.7 Å². The molecule has 0 spiro atoms. The molecule has 2 heterocycles. The highest BCUT2D eigenvalue weighted by molar-refractivity contribution is 7.99. The summed E-state index contributed by atoms with van der Waals surface area (Å²) in [6.07, 6.45) is -4.49. The van der Waals surface area contributed by atoms with Gasteiger partial charge in [0.1, 0.15) is 11.4 Å². The number of fused-ring (bicyclic) bond motifs is 1. The molecule has 4 rings (SSSR count). The SMILES string of the molecule is O=C1C2CSC(c3ccc(Cl)cc3)N2C(=S)N1c1cccc(C(F)(F)F)c1. The van der Waals surface area contributed by atoms with Crippen LogP contribution in [0.15, 0.2) is 48.5 Å². The molecule has 1 amide bonds. The Morgan fingerprint density at radius 3 is 2.52 bits per heavy atom. The van der Waals surface area contributed by atoms with E-state index in [0.29, 0.717) is 10.8 Å². The fraction of sp³-hybridized carbons (Fsp3) is 0.222. The lowest BCUT2D eigenvalue weighted by Crippen LogP contribution is -2.33. The monoisotopic (exact) mass is 428 g/mol. The van der Waals surface area contributed by atoms with Crippen molar-refractivity contribution in [3.63, 3.8) is 0 Å². The summed E-state index contributed by atoms with van der Waals surface area (Å²) in [5, 5.41) is 0.637. The Kier molecular flexibility index (Phi) is 4.60. The second kappa shape index (κ2) is 6.68. The van der Waals surface area contributed by atoms with Gasteiger partial charge in [-0.2, -0.15) is 13.2 Å². The minimum Gasteiger partial charge on any atom is -0.319 e. The fourth-order valence-corrected chi connectivity index (χ4v) is 5.28. The molecule has 0 bridgehead atoms. The van der Waals surface area contributed by atoms with Crippen LogP contribution in [0.1, 0.15) is 16.5 Å². The first-order valence-corrected chi connectivity index (χ1v) is 9.81. The number of alkyl halides is 3. The zero-order valence-electron chi connectivity index (χ0n) is 13.6. The normalized spacial score (nSPS) is 22.5. The average molecular weight is 429 g/mol. The summed E-state index contributed by atoms with van der Waals surface area (Å²) < 4.78 is 39.1. The molecular weight excluding hydrogens is 417 g/mol. The van der Waals surface area contributed by atoms with Crippen LogP contribution in [0, 0.1) is 0 Å². The van der Waals surface area contributed by atoms with Crippen LogP contribution in [0.4, 0.5) is 18.9 Å². The minimum absolute atomic E-state index is 0.133. The van der Waals surface area contributed by atoms with Gasteiger partial charge in [-0.15, -0.1) is 11.8 Å². The van der Waals surface area contributed by atoms with Crippen molar-refractivity contribution in [3.8, 4) is 0 Å². The van der Waals surface area contributed by atoms with E-state index in [1.165, 1.54) is 17.0 Å². The second-order valence-electron chi connectivity index (χ2n) is 6.16. The van der Waals surface area contributed by atoms with E-state index in [1.807, 2.05) is 12.1 Å². The molecule has 2 aromatic rings. The van der Waals surface area contributed by atoms with Gasteiger partial charge in [0.05, 0.1) is 11.3 Å². The quantitative estimate of drug-likeness (QED) is 0.620. The summed E-state index contributed by atoms with van der Waals surface area (Å²) in [5.41, 5.74) is 0.258. The van der Waals surface area contributed by atoms with Gasteiger partial charge in [-0.25, -0.2) is 0 Å². The van der Waals surface area contributed by atoms with E-state index in [2.05, 4.69) is 0 Å². The summed E-state index contributed by atoms with van der Waals surface area (Å²) >= 11 is 13.0. The zero-order valence-corrected chi connectivity index (χ0v) is 16.0. The molecule has 2 unspecified atom stereocenters. The molecule has 2 atom stereocenters. The third-order valence-corrected chi connectivity index (χ3v) is 6.47. The van der Waals surface area contributed by atoms with Crippen molar-refractivity contribution in [2.45, 2.75) is 17.6 Å². The predicted molar refractivity (Wildman–Crippen MR) is 104 cm³/mol. The number of benzene rings is 2. The number of thiocarbonyl (C=S) groups is 1. The van der Waals surface area contributed by atoms with E-state index in [9.17, 15) is 18.0 Å². The number of halogens is 4. The molecule has 27 heavy (non-hydrogen) atoms. The highest BCUT2D eigenvalue weighted by atomic mass is 35.5. The van der Waals surface area contributed by atoms with Gasteiger partial charge in [-0.1, -0.05) is 29.8 Å². The first kappa shape index (κ1) is 18.6. The van der Waals surface area contributed by atoms with Gasteiger partial charge < -0.3 is 4.90 Å². The van der Waals surface area contributed by atoms with Gasteiger partial charge in [-0.3, -0.25) is 9.69 Å². The van der Waals surface area contributed by atoms with Crippen LogP contribution < -0.4 is 4.90 Å². The molecule has 0 aromatic heterocycles. The summed E-state index contributed by atoms with van der Waals surface area (Å²) in [7, 11) is 0. The average Bonchev–Trinajstić information content (AvgIpc) is 3.16. The largest absolute Gasteiger partial charge is 0.416 e. The number of nitrogens with zero attached hydrogens (tertiary/aromatic N) is 2. The maximum absolute atomic E-state index is 13.0. The molecule has 0 radical (unpaired) electrons. The van der Waals surface area contributed by atoms with Crippen molar-refractivity contribution in [2.24, 2.45) is 0 Å². The van der Waals surface area contributed by atoms with Crippen LogP contribution in [-0.4, -0.2) is 27.7 Å². The molecule has 2 aliphatic rings. The molecule has 2 fully saturated rings. The van der Waals surface area contributed by atoms with Crippen molar-refractivity contribution in [1.29, 1.82) is 0 Å². The number of rotatable bonds is 2. The predicted octanol–water partition coefficient (Wildman–Crippen LogP) is 5.11. The first-order valence-electron chi connectivity index (χ1n) is 7.98. The Hall–Kier alpha value is -1.77. The second-order valence-corrected chi connectivity index (χ2v) is 8.08. The van der Waals surface area contributed by atoms with E-state index in [1.54, 1.807) is 28.8 Å². The summed E-state index contributed by atoms with van der Waals surface area (Å²) in [6, 6.07) is 11.4. The number of hydrogen-bond donors (Lipinski definition) is 0. The highest BCUT2D eigenvalue weighted by Gasteiger charge is 2.51. The lowest BCUT2D eigenvalue weighted by molar-refractivity contribution is -0.137. The van der Waals surface area contributed by atoms with Gasteiger partial charge in [0.15, 0.2) is 5.11 Å². The Morgan fingerprint density at radius 2 is 1.85 bits per heavy atom. The molecule has 140 valence electrons. The van der Waals surface area contributed by atoms with Crippen molar-refractivity contribution in [1.82, 2.24) is 4.90 Å². The maximum atomic E-state index is 13.0. The van der Waals surface area contributed by atoms with Crippen LogP contribution in [-0.2, 0) is 11.0 Å². The number of carbonyl (C=O) groups excluding carboxylic acids is 1. The van der Waals surface area contributed by atoms with Gasteiger partial charge in [0.25, 0.3) is 5.91 Å². The fourth-order valence-electron chi connectivity index (χ4n) is 3.23. The Morgan fingerprint density at radius 1 is 1.15 bits per heavy atom. The zero-order chi connectivity index (χ0) is 19.3. The standard InChI is InChI=1S/C18H12ClF3N2OS2/c19-12-6-4-10(5-7-12)16-24-14(9-27-16)15(25)23(17(24)26)13-3-1-2-11(8-13)18(20,21)22/h1-8,14,16H,9H2. The van der Waals surface area contributed by atoms with Gasteiger partial charge in [0.2, 0.25) is 0 Å². The van der Waals surface area contributed by atoms with E-state index in [4.69, 9.17) is 23.8 Å². The molecule has 2 saturated heterocycles. The topological polar surface area (TPSA) is 23.6 Å². The minimum atomic E-state index is -4.49. The molecule has 2 aliphatic heterocycles. The lowest BCUT2D eigenvalue weighted by atomic mass is 10.2. The van der Waals surface area contributed by atoms with Crippen molar-refractivity contribution < 1.29 is 18.0 Å². The van der Waals surface area contributed by atoms with Crippen LogP contribution >= 0.6 is 35.6 Å². The third kappa shape index (κ3) is 3.19. The van der Waals surface area contributed by atoms with Crippen LogP contribution in [0.5, 0.6) is 0 Å². The lowest BCUT2D eigenvalue weighted by Gasteiger charge is -2.26. The third-order valence-electron chi connectivity index (χ3n) is 4.50. The smallest absolute Gasteiger partial charge is 0.319 e. The van der Waals surface area contributed by atoms with Gasteiger partial charge >= 0.3 is 6.18 Å². The Balaban J connectivity index is 1.68. The van der Waals surface area contributed by atoms with Gasteiger partial charge in [-0.05, 0) is 48.1 Å². The summed E-state index contributed by atoms with van der Waals surface area (Å²) in [6.45, 7) is 0. The Labute approximate surface area is 168 Å². The molecule has 0 aliphatic carbocycles. The summed E-state index contributed by atoms with van der Waals surface area (Å²) in [4.78, 5) is 15.9. The van der Waals surface area contributed by atoms with Crippen LogP contribution in [0.2, 0.25) is 5.02 Å². The summed E-state index contributed by atoms with van der Waals surface area (Å²) in [5.74, 6) is 0.213. The van der Waals surface area contributed by atoms with Crippen molar-refractivity contribution in [2.75, 3.05) is 10.7 Å². The molecule has 3 nitrogen and oxygen atoms in total. The van der Waals surface area contributed by atoms with Gasteiger partial charge in [0, 0.05) is 10.8 Å². The first-order chi connectivity index (χ1) is 12.8. The number of anilines is 1. The van der Waals surface area contributed by atoms with E-state index in [-0.39, 0.29) is 22.1 Å². The number of hydrogen-bond acceptors (Lipinski definition) is 3. The Bertz CT molecular complexity index is 920. The number of amides is 1. The molecule has 0 N–H and O–H groups in total. The number of thioether (sulfide) groups is 1. The number of carbonyl (C=O) groups is 1. The maximum Gasteiger partial charge on any atom is 0.416 e.